The Bertz CT molecular complexity index is 3340. The number of hydrogen-bond acceptors (Lipinski definition) is 2. The molecule has 2 aromatic heterocycles. The topological polar surface area (TPSA) is 26.3 Å². The molecule has 0 saturated carbocycles. The van der Waals surface area contributed by atoms with Crippen molar-refractivity contribution in [2.24, 2.45) is 0 Å². The summed E-state index contributed by atoms with van der Waals surface area (Å²) >= 11 is 0. The molecule has 2 nitrogen and oxygen atoms in total. The van der Waals surface area contributed by atoms with E-state index in [4.69, 9.17) is 8.83 Å². The van der Waals surface area contributed by atoms with E-state index in [2.05, 4.69) is 172 Å². The molecular formula is C52H34O2. The number of fused-ring (bicyclic) bond motifs is 12. The highest BCUT2D eigenvalue weighted by Crippen LogP contribution is 2.45. The van der Waals surface area contributed by atoms with Gasteiger partial charge >= 0.3 is 0 Å². The van der Waals surface area contributed by atoms with E-state index in [0.29, 0.717) is 0 Å². The van der Waals surface area contributed by atoms with Gasteiger partial charge < -0.3 is 8.83 Å². The molecule has 2 heterocycles. The van der Waals surface area contributed by atoms with Crippen molar-refractivity contribution in [2.45, 2.75) is 13.8 Å². The van der Waals surface area contributed by atoms with Gasteiger partial charge in [0.1, 0.15) is 22.3 Å². The van der Waals surface area contributed by atoms with Gasteiger partial charge in [0.2, 0.25) is 0 Å². The van der Waals surface area contributed by atoms with Crippen LogP contribution < -0.4 is 0 Å². The molecule has 254 valence electrons. The lowest BCUT2D eigenvalue weighted by Crippen LogP contribution is -1.93. The second kappa shape index (κ2) is 11.8. The molecule has 0 radical (unpaired) electrons. The molecule has 0 spiro atoms. The van der Waals surface area contributed by atoms with Crippen molar-refractivity contribution < 1.29 is 8.83 Å². The summed E-state index contributed by atoms with van der Waals surface area (Å²) in [5, 5.41) is 14.3. The minimum atomic E-state index is 0.866. The van der Waals surface area contributed by atoms with Crippen LogP contribution in [-0.4, -0.2) is 0 Å². The van der Waals surface area contributed by atoms with Gasteiger partial charge in [-0.15, -0.1) is 0 Å². The van der Waals surface area contributed by atoms with Gasteiger partial charge in [-0.25, -0.2) is 0 Å². The lowest BCUT2D eigenvalue weighted by Gasteiger charge is -2.19. The summed E-state index contributed by atoms with van der Waals surface area (Å²) in [7, 11) is 0. The predicted octanol–water partition coefficient (Wildman–Crippen LogP) is 15.3. The normalized spacial score (nSPS) is 12.9. The third-order valence-electron chi connectivity index (χ3n) is 11.4. The van der Waals surface area contributed by atoms with E-state index in [0.717, 1.165) is 60.2 Å². The number of benzene rings is 9. The number of para-hydroxylation sites is 1. The minimum absolute atomic E-state index is 0.866. The van der Waals surface area contributed by atoms with E-state index < -0.39 is 0 Å². The van der Waals surface area contributed by atoms with Crippen molar-refractivity contribution in [3.63, 3.8) is 0 Å². The van der Waals surface area contributed by atoms with E-state index in [1.165, 1.54) is 60.2 Å². The maximum atomic E-state index is 6.56. The zero-order valence-electron chi connectivity index (χ0n) is 30.0. The molecule has 54 heavy (non-hydrogen) atoms. The second-order valence-corrected chi connectivity index (χ2v) is 14.5. The van der Waals surface area contributed by atoms with Crippen molar-refractivity contribution in [1.29, 1.82) is 0 Å². The van der Waals surface area contributed by atoms with E-state index in [1.54, 1.807) is 0 Å². The molecule has 0 amide bonds. The lowest BCUT2D eigenvalue weighted by molar-refractivity contribution is 0.667. The summed E-state index contributed by atoms with van der Waals surface area (Å²) in [5.41, 5.74) is 10.9. The van der Waals surface area contributed by atoms with Gasteiger partial charge in [0.05, 0.1) is 0 Å². The fourth-order valence-corrected chi connectivity index (χ4v) is 8.82. The monoisotopic (exact) mass is 690 g/mol. The lowest BCUT2D eigenvalue weighted by atomic mass is 9.85. The first-order chi connectivity index (χ1) is 26.6. The Morgan fingerprint density at radius 2 is 1.04 bits per heavy atom. The summed E-state index contributed by atoms with van der Waals surface area (Å²) in [6, 6.07) is 56.5. The van der Waals surface area contributed by atoms with Crippen LogP contribution >= 0.6 is 0 Å². The van der Waals surface area contributed by atoms with E-state index >= 15 is 0 Å². The summed E-state index contributed by atoms with van der Waals surface area (Å²) in [4.78, 5) is 0. The fourth-order valence-electron chi connectivity index (χ4n) is 8.82. The third-order valence-corrected chi connectivity index (χ3v) is 11.4. The van der Waals surface area contributed by atoms with Crippen LogP contribution in [-0.2, 0) is 0 Å². The molecule has 0 N–H and O–H groups in total. The van der Waals surface area contributed by atoms with Gasteiger partial charge in [-0.2, -0.15) is 0 Å². The van der Waals surface area contributed by atoms with Crippen LogP contribution in [0.1, 0.15) is 25.0 Å². The molecule has 0 aliphatic heterocycles. The molecule has 0 aliphatic rings. The maximum absolute atomic E-state index is 6.56. The average Bonchev–Trinajstić information content (AvgIpc) is 3.80. The summed E-state index contributed by atoms with van der Waals surface area (Å²) < 4.78 is 13.0. The van der Waals surface area contributed by atoms with Crippen molar-refractivity contribution in [1.82, 2.24) is 0 Å². The molecule has 0 atom stereocenters. The highest BCUT2D eigenvalue weighted by Gasteiger charge is 2.19. The van der Waals surface area contributed by atoms with Crippen LogP contribution in [0.4, 0.5) is 0 Å². The molecule has 0 bridgehead atoms. The Labute approximate surface area is 311 Å². The van der Waals surface area contributed by atoms with Gasteiger partial charge in [-0.1, -0.05) is 140 Å². The van der Waals surface area contributed by atoms with Crippen LogP contribution in [0.15, 0.2) is 179 Å². The maximum Gasteiger partial charge on any atom is 0.144 e. The smallest absolute Gasteiger partial charge is 0.144 e. The molecule has 2 heteroatoms. The first-order valence-corrected chi connectivity index (χ1v) is 18.6. The largest absolute Gasteiger partial charge is 0.456 e. The van der Waals surface area contributed by atoms with Crippen molar-refractivity contribution in [3.05, 3.63) is 181 Å². The molecular weight excluding hydrogens is 657 g/mol. The zero-order chi connectivity index (χ0) is 35.9. The minimum Gasteiger partial charge on any atom is -0.456 e. The number of furan rings is 2. The van der Waals surface area contributed by atoms with Gasteiger partial charge in [-0.05, 0) is 115 Å². The Kier molecular flexibility index (Phi) is 6.72. The second-order valence-electron chi connectivity index (χ2n) is 14.5. The Morgan fingerprint density at radius 3 is 1.83 bits per heavy atom. The third kappa shape index (κ3) is 4.53. The molecule has 11 rings (SSSR count). The van der Waals surface area contributed by atoms with Crippen LogP contribution in [0, 0.1) is 0 Å². The average molecular weight is 691 g/mol. The molecule has 0 saturated heterocycles. The SMILES string of the molecule is C/C(=C\C=C(/C)c1c2ccccc2c(-c2cccc3ccccc23)c2ccccc12)c1ccc2c(c1)oc1ccc3ccc4c5ccccc5oc4c3c12. The van der Waals surface area contributed by atoms with Crippen molar-refractivity contribution in [3.8, 4) is 11.1 Å². The number of rotatable bonds is 4. The highest BCUT2D eigenvalue weighted by molar-refractivity contribution is 6.28. The van der Waals surface area contributed by atoms with Crippen LogP contribution in [0.25, 0.3) is 109 Å². The standard InChI is InChI=1S/C52H34O2/c1-31(35-25-28-44-47(30-35)53-46-29-26-34-24-27-43-37-15-9-10-21-45(37)54-52(43)49(34)51(44)46)22-23-32(2)48-39-16-5-7-18-41(39)50(42-19-8-6-17-40(42)48)38-20-11-13-33-12-3-4-14-36(33)38/h3-30H,1-2H3/b31-22+,32-23+. The molecule has 0 fully saturated rings. The van der Waals surface area contributed by atoms with Crippen LogP contribution in [0.3, 0.4) is 0 Å². The molecule has 0 unspecified atom stereocenters. The van der Waals surface area contributed by atoms with E-state index in [-0.39, 0.29) is 0 Å². The fraction of sp³-hybridized carbons (Fsp3) is 0.0385. The van der Waals surface area contributed by atoms with Gasteiger partial charge in [0, 0.05) is 26.9 Å². The Morgan fingerprint density at radius 1 is 0.407 bits per heavy atom. The van der Waals surface area contributed by atoms with Gasteiger partial charge in [-0.3, -0.25) is 0 Å². The number of allylic oxidation sites excluding steroid dienone is 4. The van der Waals surface area contributed by atoms with E-state index in [9.17, 15) is 0 Å². The first kappa shape index (κ1) is 30.7. The predicted molar refractivity (Wildman–Crippen MR) is 230 cm³/mol. The summed E-state index contributed by atoms with van der Waals surface area (Å²) in [6.07, 6.45) is 4.52. The van der Waals surface area contributed by atoms with Crippen LogP contribution in [0.5, 0.6) is 0 Å². The quantitative estimate of drug-likeness (QED) is 0.136. The molecule has 0 aliphatic carbocycles. The summed E-state index contributed by atoms with van der Waals surface area (Å²) in [6.45, 7) is 4.42. The molecule has 11 aromatic rings. The van der Waals surface area contributed by atoms with Gasteiger partial charge in [0.25, 0.3) is 0 Å². The van der Waals surface area contributed by atoms with Crippen LogP contribution in [0.2, 0.25) is 0 Å². The van der Waals surface area contributed by atoms with Gasteiger partial charge in [0.15, 0.2) is 0 Å². The molecule has 9 aromatic carbocycles. The highest BCUT2D eigenvalue weighted by atomic mass is 16.3. The van der Waals surface area contributed by atoms with E-state index in [1.807, 2.05) is 12.1 Å². The first-order valence-electron chi connectivity index (χ1n) is 18.6. The Balaban J connectivity index is 1.04. The van der Waals surface area contributed by atoms with Crippen molar-refractivity contribution in [2.75, 3.05) is 0 Å². The Hall–Kier alpha value is -6.90. The van der Waals surface area contributed by atoms with Crippen molar-refractivity contribution >= 4 is 98.1 Å². The number of hydrogen-bond donors (Lipinski definition) is 0. The zero-order valence-corrected chi connectivity index (χ0v) is 30.0. The summed E-state index contributed by atoms with van der Waals surface area (Å²) in [5.74, 6) is 0.